The predicted octanol–water partition coefficient (Wildman–Crippen LogP) is 1.83. The van der Waals surface area contributed by atoms with Gasteiger partial charge in [-0.05, 0) is 13.8 Å². The summed E-state index contributed by atoms with van der Waals surface area (Å²) in [5, 5.41) is 3.16. The Morgan fingerprint density at radius 1 is 1.36 bits per heavy atom. The third-order valence-corrected chi connectivity index (χ3v) is 1.44. The molecule has 11 heavy (non-hydrogen) atoms. The van der Waals surface area contributed by atoms with Crippen LogP contribution in [0.15, 0.2) is 11.9 Å². The maximum absolute atomic E-state index is 5.80. The minimum Gasteiger partial charge on any atom is -0.400 e. The van der Waals surface area contributed by atoms with Crippen LogP contribution in [0.4, 0.5) is 0 Å². The zero-order valence-electron chi connectivity index (χ0n) is 8.23. The first-order valence-corrected chi connectivity index (χ1v) is 4.06. The van der Waals surface area contributed by atoms with Crippen molar-refractivity contribution in [3.8, 4) is 0 Å². The van der Waals surface area contributed by atoms with Gasteiger partial charge >= 0.3 is 0 Å². The molecule has 0 aromatic heterocycles. The van der Waals surface area contributed by atoms with Gasteiger partial charge in [0.1, 0.15) is 0 Å². The van der Waals surface area contributed by atoms with E-state index in [1.54, 1.807) is 0 Å². The fraction of sp³-hybridized carbons (Fsp3) is 0.778. The van der Waals surface area contributed by atoms with E-state index in [1.807, 2.05) is 6.20 Å². The van der Waals surface area contributed by atoms with Crippen molar-refractivity contribution in [2.45, 2.75) is 40.7 Å². The molecule has 0 aliphatic carbocycles. The molecule has 0 aromatic rings. The van der Waals surface area contributed by atoms with Crippen molar-refractivity contribution in [1.82, 2.24) is 5.32 Å². The van der Waals surface area contributed by atoms with E-state index in [-0.39, 0.29) is 5.41 Å². The summed E-state index contributed by atoms with van der Waals surface area (Å²) in [4.78, 5) is 0. The molecule has 0 atom stereocenters. The second kappa shape index (κ2) is 3.65. The maximum Gasteiger partial charge on any atom is 0.0294 e. The fourth-order valence-corrected chi connectivity index (χ4v) is 0.473. The van der Waals surface area contributed by atoms with Crippen LogP contribution in [0, 0.1) is 5.41 Å². The maximum atomic E-state index is 5.80. The molecule has 0 bridgehead atoms. The summed E-state index contributed by atoms with van der Waals surface area (Å²) in [5.74, 6) is 0. The van der Waals surface area contributed by atoms with Gasteiger partial charge in [0.25, 0.3) is 0 Å². The van der Waals surface area contributed by atoms with Crippen LogP contribution < -0.4 is 11.1 Å². The first-order valence-electron chi connectivity index (χ1n) is 4.06. The first-order chi connectivity index (χ1) is 4.84. The highest BCUT2D eigenvalue weighted by molar-refractivity contribution is 5.04. The van der Waals surface area contributed by atoms with Gasteiger partial charge in [0.15, 0.2) is 0 Å². The van der Waals surface area contributed by atoms with Gasteiger partial charge in [-0.15, -0.1) is 0 Å². The lowest BCUT2D eigenvalue weighted by atomic mass is 9.93. The number of hydrogen-bond donors (Lipinski definition) is 2. The van der Waals surface area contributed by atoms with Crippen molar-refractivity contribution < 1.29 is 0 Å². The Labute approximate surface area is 69.9 Å². The van der Waals surface area contributed by atoms with Crippen molar-refractivity contribution in [3.63, 3.8) is 0 Å². The highest BCUT2D eigenvalue weighted by atomic mass is 14.9. The topological polar surface area (TPSA) is 38.0 Å². The monoisotopic (exact) mass is 156 g/mol. The zero-order valence-corrected chi connectivity index (χ0v) is 8.23. The van der Waals surface area contributed by atoms with Crippen LogP contribution in [0.5, 0.6) is 0 Å². The van der Waals surface area contributed by atoms with Gasteiger partial charge in [-0.2, -0.15) is 0 Å². The fourth-order valence-electron chi connectivity index (χ4n) is 0.473. The quantitative estimate of drug-likeness (QED) is 0.640. The van der Waals surface area contributed by atoms with E-state index in [0.717, 1.165) is 5.70 Å². The lowest BCUT2D eigenvalue weighted by Crippen LogP contribution is -2.23. The molecule has 66 valence electrons. The summed E-state index contributed by atoms with van der Waals surface area (Å²) in [6.45, 7) is 10.5. The Kier molecular flexibility index (Phi) is 3.43. The summed E-state index contributed by atoms with van der Waals surface area (Å²) in [6.07, 6.45) is 1.89. The van der Waals surface area contributed by atoms with Gasteiger partial charge in [-0.25, -0.2) is 0 Å². The normalized spacial score (nSPS) is 13.8. The van der Waals surface area contributed by atoms with Crippen LogP contribution in [0.3, 0.4) is 0 Å². The van der Waals surface area contributed by atoms with Gasteiger partial charge in [0, 0.05) is 23.4 Å². The molecule has 0 amide bonds. The van der Waals surface area contributed by atoms with Gasteiger partial charge < -0.3 is 11.1 Å². The molecule has 2 nitrogen and oxygen atoms in total. The average Bonchev–Trinajstić information content (AvgIpc) is 1.80. The molecule has 3 N–H and O–H groups in total. The Hall–Kier alpha value is -0.660. The summed E-state index contributed by atoms with van der Waals surface area (Å²) in [5.41, 5.74) is 6.76. The number of nitrogens with two attached hydrogens (primary N) is 1. The molecular formula is C9H20N2. The number of hydrogen-bond acceptors (Lipinski definition) is 2. The van der Waals surface area contributed by atoms with E-state index in [1.165, 1.54) is 0 Å². The summed E-state index contributed by atoms with van der Waals surface area (Å²) in [6, 6.07) is 0.455. The Morgan fingerprint density at radius 3 is 2.09 bits per heavy atom. The molecule has 0 saturated carbocycles. The van der Waals surface area contributed by atoms with Crippen LogP contribution in [-0.2, 0) is 0 Å². The Bertz CT molecular complexity index is 140. The SMILES string of the molecule is CC(C)N/C=C(\N)C(C)(C)C. The van der Waals surface area contributed by atoms with Crippen molar-refractivity contribution in [2.75, 3.05) is 0 Å². The summed E-state index contributed by atoms with van der Waals surface area (Å²) >= 11 is 0. The van der Waals surface area contributed by atoms with Crippen LogP contribution in [0.1, 0.15) is 34.6 Å². The van der Waals surface area contributed by atoms with E-state index in [2.05, 4.69) is 39.9 Å². The van der Waals surface area contributed by atoms with Gasteiger partial charge in [-0.1, -0.05) is 20.8 Å². The molecule has 0 aliphatic heterocycles. The standard InChI is InChI=1S/C9H20N2/c1-7(2)11-6-8(10)9(3,4)5/h6-7,11H,10H2,1-5H3/b8-6-. The first kappa shape index (κ1) is 10.3. The predicted molar refractivity (Wildman–Crippen MR) is 50.0 cm³/mol. The van der Waals surface area contributed by atoms with E-state index < -0.39 is 0 Å². The highest BCUT2D eigenvalue weighted by Crippen LogP contribution is 2.19. The zero-order chi connectivity index (χ0) is 9.07. The van der Waals surface area contributed by atoms with Crippen LogP contribution in [0.25, 0.3) is 0 Å². The molecule has 0 spiro atoms. The third kappa shape index (κ3) is 4.71. The molecule has 0 unspecified atom stereocenters. The van der Waals surface area contributed by atoms with E-state index in [9.17, 15) is 0 Å². The van der Waals surface area contributed by atoms with Gasteiger partial charge in [0.05, 0.1) is 0 Å². The van der Waals surface area contributed by atoms with Crippen LogP contribution in [0.2, 0.25) is 0 Å². The van der Waals surface area contributed by atoms with Crippen molar-refractivity contribution >= 4 is 0 Å². The van der Waals surface area contributed by atoms with Crippen LogP contribution >= 0.6 is 0 Å². The van der Waals surface area contributed by atoms with Crippen LogP contribution in [-0.4, -0.2) is 6.04 Å². The van der Waals surface area contributed by atoms with Gasteiger partial charge in [-0.3, -0.25) is 0 Å². The lowest BCUT2D eigenvalue weighted by molar-refractivity contribution is 0.490. The van der Waals surface area contributed by atoms with E-state index >= 15 is 0 Å². The molecule has 0 aromatic carbocycles. The van der Waals surface area contributed by atoms with Gasteiger partial charge in [0.2, 0.25) is 0 Å². The smallest absolute Gasteiger partial charge is 0.0294 e. The van der Waals surface area contributed by atoms with Crippen molar-refractivity contribution in [1.29, 1.82) is 0 Å². The number of nitrogens with one attached hydrogen (secondary N) is 1. The molecule has 2 heteroatoms. The van der Waals surface area contributed by atoms with E-state index in [0.29, 0.717) is 6.04 Å². The number of rotatable bonds is 2. The minimum atomic E-state index is 0.0713. The Balaban J connectivity index is 4.02. The van der Waals surface area contributed by atoms with Crippen molar-refractivity contribution in [3.05, 3.63) is 11.9 Å². The molecule has 0 rings (SSSR count). The second-order valence-electron chi connectivity index (χ2n) is 4.17. The minimum absolute atomic E-state index is 0.0713. The molecule has 0 aliphatic rings. The molecule has 0 heterocycles. The number of allylic oxidation sites excluding steroid dienone is 1. The largest absolute Gasteiger partial charge is 0.400 e. The molecule has 0 fully saturated rings. The molecular weight excluding hydrogens is 136 g/mol. The molecule has 0 saturated heterocycles. The average molecular weight is 156 g/mol. The highest BCUT2D eigenvalue weighted by Gasteiger charge is 2.12. The third-order valence-electron chi connectivity index (χ3n) is 1.44. The summed E-state index contributed by atoms with van der Waals surface area (Å²) in [7, 11) is 0. The molecule has 0 radical (unpaired) electrons. The second-order valence-corrected chi connectivity index (χ2v) is 4.17. The summed E-state index contributed by atoms with van der Waals surface area (Å²) < 4.78 is 0. The van der Waals surface area contributed by atoms with Crippen molar-refractivity contribution in [2.24, 2.45) is 11.1 Å². The Morgan fingerprint density at radius 2 is 1.82 bits per heavy atom. The van der Waals surface area contributed by atoms with E-state index in [4.69, 9.17) is 5.73 Å². The lowest BCUT2D eigenvalue weighted by Gasteiger charge is -2.19.